The maximum Gasteiger partial charge on any atom is 0.237 e. The number of hydrogen-bond acceptors (Lipinski definition) is 14. The third-order valence-corrected chi connectivity index (χ3v) is 18.7. The largest absolute Gasteiger partial charge is 0.488 e. The molecule has 2 aromatic carbocycles. The van der Waals surface area contributed by atoms with Crippen molar-refractivity contribution in [1.29, 1.82) is 0 Å². The molecule has 0 fully saturated rings. The summed E-state index contributed by atoms with van der Waals surface area (Å²) in [5, 5.41) is 5.66. The maximum atomic E-state index is 12.6. The molecule has 2 aromatic rings. The number of benzene rings is 2. The molecule has 0 heterocycles. The number of hydrogen-bond donors (Lipinski definition) is 3. The molecular formula is C69H121N3O13. The number of nitrogens with one attached hydrogen (secondary N) is 2. The Bertz CT molecular complexity index is 2110. The maximum absolute atomic E-state index is 12.6. The molecule has 0 aliphatic heterocycles. The predicted molar refractivity (Wildman–Crippen MR) is 344 cm³/mol. The van der Waals surface area contributed by atoms with E-state index in [1.54, 1.807) is 0 Å². The average molecular weight is 1200 g/mol. The van der Waals surface area contributed by atoms with Crippen LogP contribution in [0.3, 0.4) is 0 Å². The van der Waals surface area contributed by atoms with Crippen molar-refractivity contribution in [1.82, 2.24) is 10.6 Å². The molecule has 0 spiro atoms. The van der Waals surface area contributed by atoms with Gasteiger partial charge in [0.15, 0.2) is 12.6 Å². The highest BCUT2D eigenvalue weighted by molar-refractivity contribution is 5.91. The van der Waals surface area contributed by atoms with Crippen LogP contribution >= 0.6 is 0 Å². The minimum Gasteiger partial charge on any atom is -0.488 e. The molecule has 16 nitrogen and oxygen atoms in total. The zero-order chi connectivity index (χ0) is 63.3. The third-order valence-electron chi connectivity index (χ3n) is 18.7. The van der Waals surface area contributed by atoms with Crippen molar-refractivity contribution < 1.29 is 61.7 Å². The molecule has 0 aliphatic carbocycles. The van der Waals surface area contributed by atoms with Gasteiger partial charge in [0.05, 0.1) is 97.5 Å². The van der Waals surface area contributed by atoms with Gasteiger partial charge in [0.25, 0.3) is 0 Å². The van der Waals surface area contributed by atoms with Crippen molar-refractivity contribution in [3.8, 4) is 11.5 Å². The van der Waals surface area contributed by atoms with Crippen molar-refractivity contribution in [2.75, 3.05) is 99.0 Å². The SMILES string of the molecule is CCC(=C(CC)c1ccc(OC(C)(CC)CC)cc1)c1ccc(OC(C)OCCOCCOC(C)C(C)(CC)C(C)(CC)CCOCCNC(=O)CCC(N)C(=O)NCCOCCOC(C)OCCOCCOC(C)C(C)(CC)C(C)CC)cc1. The molecular weight excluding hydrogens is 1080 g/mol. The molecule has 0 aromatic heterocycles. The van der Waals surface area contributed by atoms with Gasteiger partial charge in [-0.2, -0.15) is 0 Å². The Hall–Kier alpha value is -3.68. The fraction of sp³-hybridized carbons (Fsp3) is 0.768. The van der Waals surface area contributed by atoms with Crippen LogP contribution in [-0.2, 0) is 52.2 Å². The number of rotatable bonds is 51. The molecule has 0 aliphatic rings. The van der Waals surface area contributed by atoms with Gasteiger partial charge in [0, 0.05) is 26.1 Å². The van der Waals surface area contributed by atoms with E-state index in [1.807, 2.05) is 26.0 Å². The Labute approximate surface area is 516 Å². The van der Waals surface area contributed by atoms with Crippen LogP contribution in [0.5, 0.6) is 11.5 Å². The highest BCUT2D eigenvalue weighted by Crippen LogP contribution is 2.50. The van der Waals surface area contributed by atoms with E-state index in [1.165, 1.54) is 22.3 Å². The predicted octanol–water partition coefficient (Wildman–Crippen LogP) is 13.4. The van der Waals surface area contributed by atoms with Gasteiger partial charge in [0.2, 0.25) is 11.8 Å². The molecule has 490 valence electrons. The number of carbonyl (C=O) groups excluding carboxylic acids is 2. The van der Waals surface area contributed by atoms with Crippen LogP contribution < -0.4 is 25.8 Å². The lowest BCUT2D eigenvalue weighted by Gasteiger charge is -2.49. The zero-order valence-electron chi connectivity index (χ0n) is 56.4. The molecule has 0 saturated heterocycles. The summed E-state index contributed by atoms with van der Waals surface area (Å²) in [6.45, 7) is 43.4. The molecule has 0 bridgehead atoms. The Kier molecular flexibility index (Phi) is 38.5. The standard InChI is InChI=1S/C69H121N3O13/c1-18-52(9)68(16,24-7)53(10)79-47-42-77-45-50-82-55(12)81-49-44-76-41-38-72-65(74)63(70)34-35-64(73)71-37-40-75-39-36-66(14,21-4)69(17,25-8)54(11)80-48-43-78-46-51-83-56(13)84-59-30-26-57(27-31-59)61(19-2)62(20-3)58-28-32-60(33-29-58)85-67(15,22-5)23-6/h26-33,52-56,63H,18-25,34-51,70H2,1-17H3,(H,71,73)(H,72,74). The summed E-state index contributed by atoms with van der Waals surface area (Å²) < 4.78 is 65.5. The second kappa shape index (κ2) is 42.3. The summed E-state index contributed by atoms with van der Waals surface area (Å²) in [5.74, 6) is 1.75. The first kappa shape index (κ1) is 77.4. The quantitative estimate of drug-likeness (QED) is 0.0323. The van der Waals surface area contributed by atoms with Gasteiger partial charge in [-0.05, 0) is 155 Å². The van der Waals surface area contributed by atoms with E-state index in [4.69, 9.17) is 57.8 Å². The van der Waals surface area contributed by atoms with Crippen LogP contribution in [0.1, 0.15) is 199 Å². The lowest BCUT2D eigenvalue weighted by molar-refractivity contribution is -0.148. The summed E-state index contributed by atoms with van der Waals surface area (Å²) in [6.07, 6.45) is 8.38. The molecule has 0 saturated carbocycles. The van der Waals surface area contributed by atoms with Crippen LogP contribution in [0.25, 0.3) is 11.1 Å². The molecule has 85 heavy (non-hydrogen) atoms. The Morgan fingerprint density at radius 3 is 1.44 bits per heavy atom. The summed E-state index contributed by atoms with van der Waals surface area (Å²) >= 11 is 0. The summed E-state index contributed by atoms with van der Waals surface area (Å²) in [7, 11) is 0. The topological polar surface area (TPSA) is 186 Å². The number of amides is 2. The lowest BCUT2D eigenvalue weighted by atomic mass is 9.58. The van der Waals surface area contributed by atoms with Gasteiger partial charge in [-0.3, -0.25) is 9.59 Å². The Morgan fingerprint density at radius 1 is 0.506 bits per heavy atom. The van der Waals surface area contributed by atoms with Crippen LogP contribution in [0.2, 0.25) is 0 Å². The van der Waals surface area contributed by atoms with Crippen LogP contribution in [0.15, 0.2) is 48.5 Å². The van der Waals surface area contributed by atoms with Gasteiger partial charge in [-0.25, -0.2) is 0 Å². The summed E-state index contributed by atoms with van der Waals surface area (Å²) in [4.78, 5) is 25.1. The molecule has 9 atom stereocenters. The number of ether oxygens (including phenoxy) is 11. The average Bonchev–Trinajstić information content (AvgIpc) is 3.41. The van der Waals surface area contributed by atoms with Gasteiger partial charge >= 0.3 is 0 Å². The van der Waals surface area contributed by atoms with Gasteiger partial charge < -0.3 is 68.5 Å². The fourth-order valence-electron chi connectivity index (χ4n) is 10.8. The van der Waals surface area contributed by atoms with Crippen molar-refractivity contribution in [2.24, 2.45) is 27.9 Å². The second-order valence-electron chi connectivity index (χ2n) is 23.7. The van der Waals surface area contributed by atoms with Crippen molar-refractivity contribution >= 4 is 23.0 Å². The van der Waals surface area contributed by atoms with Crippen molar-refractivity contribution in [3.05, 3.63) is 59.7 Å². The first-order valence-corrected chi connectivity index (χ1v) is 32.6. The van der Waals surface area contributed by atoms with Gasteiger partial charge in [0.1, 0.15) is 17.1 Å². The monoisotopic (exact) mass is 1200 g/mol. The fourth-order valence-corrected chi connectivity index (χ4v) is 10.8. The normalized spacial score (nSPS) is 16.6. The second-order valence-corrected chi connectivity index (χ2v) is 23.7. The molecule has 9 unspecified atom stereocenters. The van der Waals surface area contributed by atoms with Crippen molar-refractivity contribution in [2.45, 2.75) is 225 Å². The highest BCUT2D eigenvalue weighted by atomic mass is 16.7. The van der Waals surface area contributed by atoms with Crippen LogP contribution in [0, 0.1) is 22.2 Å². The molecule has 2 rings (SSSR count). The smallest absolute Gasteiger partial charge is 0.237 e. The molecule has 0 radical (unpaired) electrons. The van der Waals surface area contributed by atoms with Crippen LogP contribution in [0.4, 0.5) is 0 Å². The Morgan fingerprint density at radius 2 is 0.965 bits per heavy atom. The van der Waals surface area contributed by atoms with E-state index in [9.17, 15) is 9.59 Å². The summed E-state index contributed by atoms with van der Waals surface area (Å²) in [5.41, 5.74) is 11.0. The minimum absolute atomic E-state index is 0.0177. The number of nitrogens with two attached hydrogens (primary N) is 1. The third kappa shape index (κ3) is 27.3. The molecule has 16 heteroatoms. The van der Waals surface area contributed by atoms with E-state index < -0.39 is 18.6 Å². The number of carbonyl (C=O) groups is 2. The molecule has 4 N–H and O–H groups in total. The van der Waals surface area contributed by atoms with Gasteiger partial charge in [-0.15, -0.1) is 0 Å². The highest BCUT2D eigenvalue weighted by Gasteiger charge is 2.46. The Balaban J connectivity index is 1.58. The van der Waals surface area contributed by atoms with E-state index in [-0.39, 0.29) is 58.7 Å². The van der Waals surface area contributed by atoms with Crippen molar-refractivity contribution in [3.63, 3.8) is 0 Å². The minimum atomic E-state index is -0.808. The van der Waals surface area contributed by atoms with E-state index in [0.29, 0.717) is 105 Å². The summed E-state index contributed by atoms with van der Waals surface area (Å²) in [6, 6.07) is 16.1. The van der Waals surface area contributed by atoms with Crippen LogP contribution in [-0.4, -0.2) is 147 Å². The van der Waals surface area contributed by atoms with E-state index in [0.717, 1.165) is 69.3 Å². The lowest BCUT2D eigenvalue weighted by Crippen LogP contribution is -2.46. The van der Waals surface area contributed by atoms with E-state index in [2.05, 4.69) is 151 Å². The van der Waals surface area contributed by atoms with Gasteiger partial charge in [-0.1, -0.05) is 120 Å². The zero-order valence-corrected chi connectivity index (χ0v) is 56.4. The first-order valence-electron chi connectivity index (χ1n) is 32.6. The van der Waals surface area contributed by atoms with E-state index >= 15 is 0 Å². The number of allylic oxidation sites excluding steroid dienone is 2. The first-order chi connectivity index (χ1) is 40.6. The molecule has 2 amide bonds.